The zero-order valence-corrected chi connectivity index (χ0v) is 16.4. The van der Waals surface area contributed by atoms with Gasteiger partial charge in [0, 0.05) is 24.7 Å². The number of amides is 1. The van der Waals surface area contributed by atoms with E-state index in [1.807, 2.05) is 0 Å². The molecule has 0 spiro atoms. The van der Waals surface area contributed by atoms with E-state index in [1.165, 1.54) is 41.9 Å². The summed E-state index contributed by atoms with van der Waals surface area (Å²) < 4.78 is 39.5. The van der Waals surface area contributed by atoms with Crippen LogP contribution >= 0.6 is 0 Å². The first kappa shape index (κ1) is 19.6. The molecule has 0 saturated heterocycles. The topological polar surface area (TPSA) is 97.6 Å². The number of benzene rings is 1. The van der Waals surface area contributed by atoms with Gasteiger partial charge in [-0.25, -0.2) is 14.6 Å². The zero-order valence-electron chi connectivity index (χ0n) is 13.8. The van der Waals surface area contributed by atoms with Crippen LogP contribution in [0.1, 0.15) is 5.56 Å². The molecule has 8 nitrogen and oxygen atoms in total. The monoisotopic (exact) mass is 623 g/mol. The molecule has 0 aliphatic heterocycles. The normalized spacial score (nSPS) is 11.1. The number of nitrogens with zero attached hydrogens (tertiary/aromatic N) is 5. The number of nitrogens with one attached hydrogen (secondary N) is 2. The molecular formula is C16H11CfF3N7O-. The van der Waals surface area contributed by atoms with Crippen LogP contribution in [0, 0.1) is 6.07 Å². The fourth-order valence-corrected chi connectivity index (χ4v) is 1.92. The van der Waals surface area contributed by atoms with Gasteiger partial charge in [0.1, 0.15) is 12.2 Å². The van der Waals surface area contributed by atoms with Crippen LogP contribution in [0.2, 0.25) is 0 Å². The van der Waals surface area contributed by atoms with Crippen molar-refractivity contribution in [3.05, 3.63) is 60.8 Å². The Kier molecular flexibility index (Phi) is 5.64. The number of anilines is 1. The molecule has 3 aromatic rings. The summed E-state index contributed by atoms with van der Waals surface area (Å²) in [6.07, 6.45) is 3.57. The SMILES string of the molecule is O=C(/C=C\n1cnc(-c2c[c-]cc(C(F)(F)F)c2)n1)NNc1cnccn1.[Cf]. The number of hydrogen-bond donors (Lipinski definition) is 2. The van der Waals surface area contributed by atoms with Crippen molar-refractivity contribution in [1.82, 2.24) is 30.2 Å². The fraction of sp³-hybridized carbons (Fsp3) is 0.0625. The van der Waals surface area contributed by atoms with Crippen molar-refractivity contribution in [3.8, 4) is 11.4 Å². The van der Waals surface area contributed by atoms with Crippen molar-refractivity contribution in [3.63, 3.8) is 0 Å². The molecule has 0 radical (unpaired) electrons. The number of carbonyl (C=O) groups is 1. The standard InChI is InChI=1S/C16H11F3N7O.Cf/c17-16(18,19)12-3-1-2-11(8-12)15-22-10-26(25-15)7-4-14(27)24-23-13-9-20-5-6-21-13;/h2-10H,(H,21,23)(H,24,27);/q-1;/b7-4-;. The quantitative estimate of drug-likeness (QED) is 0.257. The summed E-state index contributed by atoms with van der Waals surface area (Å²) >= 11 is 0. The van der Waals surface area contributed by atoms with Crippen LogP contribution in [0.3, 0.4) is 0 Å². The average molecular weight is 625 g/mol. The number of halogens is 3. The molecule has 2 N–H and O–H groups in total. The van der Waals surface area contributed by atoms with Crippen LogP contribution in [0.5, 0.6) is 0 Å². The van der Waals surface area contributed by atoms with E-state index in [4.69, 9.17) is 0 Å². The molecule has 0 saturated carbocycles. The van der Waals surface area contributed by atoms with Crippen molar-refractivity contribution in [2.45, 2.75) is 6.18 Å². The second-order valence-corrected chi connectivity index (χ2v) is 5.08. The summed E-state index contributed by atoms with van der Waals surface area (Å²) in [7, 11) is 0. The van der Waals surface area contributed by atoms with Gasteiger partial charge in [0.05, 0.1) is 6.20 Å². The summed E-state index contributed by atoms with van der Waals surface area (Å²) in [5.41, 5.74) is 4.23. The second-order valence-electron chi connectivity index (χ2n) is 5.08. The van der Waals surface area contributed by atoms with E-state index in [2.05, 4.69) is 37.0 Å². The molecule has 0 fully saturated rings. The number of hydrazine groups is 1. The third-order valence-electron chi connectivity index (χ3n) is 3.14. The molecule has 1 amide bonds. The van der Waals surface area contributed by atoms with Crippen LogP contribution in [-0.4, -0.2) is 30.6 Å². The molecule has 0 unspecified atom stereocenters. The third-order valence-corrected chi connectivity index (χ3v) is 3.14. The van der Waals surface area contributed by atoms with Gasteiger partial charge in [-0.2, -0.15) is 42.5 Å². The van der Waals surface area contributed by atoms with E-state index in [0.717, 1.165) is 18.2 Å². The molecule has 148 valence electrons. The van der Waals surface area contributed by atoms with Gasteiger partial charge in [-0.05, 0) is 0 Å². The molecule has 1 aromatic carbocycles. The van der Waals surface area contributed by atoms with Gasteiger partial charge in [0.2, 0.25) is 0 Å². The predicted molar refractivity (Wildman–Crippen MR) is 88.4 cm³/mol. The van der Waals surface area contributed by atoms with Crippen LogP contribution in [0.4, 0.5) is 19.0 Å². The predicted octanol–water partition coefficient (Wildman–Crippen LogP) is 2.17. The maximum Gasteiger partial charge on any atom is 0.370 e. The van der Waals surface area contributed by atoms with Gasteiger partial charge in [-0.1, -0.05) is 11.1 Å². The Morgan fingerprint density at radius 3 is 2.75 bits per heavy atom. The Morgan fingerprint density at radius 2 is 2.04 bits per heavy atom. The van der Waals surface area contributed by atoms with Gasteiger partial charge in [0.25, 0.3) is 5.91 Å². The van der Waals surface area contributed by atoms with Crippen molar-refractivity contribution in [2.75, 3.05) is 5.43 Å². The van der Waals surface area contributed by atoms with Crippen LogP contribution in [0.15, 0.2) is 49.2 Å². The molecule has 3 rings (SSSR count). The molecule has 2 aromatic heterocycles. The molecule has 12 heteroatoms. The Labute approximate surface area is 150 Å². The minimum absolute atomic E-state index is 0. The van der Waals surface area contributed by atoms with Gasteiger partial charge in [-0.15, -0.1) is 0 Å². The van der Waals surface area contributed by atoms with E-state index < -0.39 is 17.6 Å². The summed E-state index contributed by atoms with van der Waals surface area (Å²) in [5.74, 6) is -0.0895. The zero-order chi connectivity index (χ0) is 19.3. The van der Waals surface area contributed by atoms with Gasteiger partial charge in [-0.3, -0.25) is 20.6 Å². The first-order valence-electron chi connectivity index (χ1n) is 7.42. The van der Waals surface area contributed by atoms with E-state index in [9.17, 15) is 18.0 Å². The minimum Gasteiger partial charge on any atom is -0.280 e. The van der Waals surface area contributed by atoms with Crippen molar-refractivity contribution in [2.24, 2.45) is 0 Å². The van der Waals surface area contributed by atoms with Crippen molar-refractivity contribution < 1.29 is 18.0 Å². The molecule has 0 bridgehead atoms. The Morgan fingerprint density at radius 1 is 1.21 bits per heavy atom. The van der Waals surface area contributed by atoms with E-state index in [0.29, 0.717) is 5.82 Å². The third kappa shape index (κ3) is 4.88. The van der Waals surface area contributed by atoms with Crippen LogP contribution in [0.25, 0.3) is 17.6 Å². The Hall–Kier alpha value is -4.76. The molecule has 0 aliphatic rings. The average Bonchev–Trinajstić information content (AvgIpc) is 3.14. The number of hydrogen-bond acceptors (Lipinski definition) is 6. The first-order valence-corrected chi connectivity index (χ1v) is 7.42. The molecular weight excluding hydrogens is 614 g/mol. The molecule has 0 aliphatic carbocycles. The van der Waals surface area contributed by atoms with Crippen molar-refractivity contribution in [1.29, 1.82) is 0 Å². The number of rotatable bonds is 5. The summed E-state index contributed by atoms with van der Waals surface area (Å²) in [6, 6.07) is 5.53. The summed E-state index contributed by atoms with van der Waals surface area (Å²) in [4.78, 5) is 23.4. The molecule has 28 heavy (non-hydrogen) atoms. The smallest absolute Gasteiger partial charge is 0.280 e. The van der Waals surface area contributed by atoms with E-state index in [-0.39, 0.29) is 11.4 Å². The van der Waals surface area contributed by atoms with E-state index in [1.54, 1.807) is 0 Å². The maximum absolute atomic E-state index is 12.8. The Bertz CT molecular complexity index is 960. The number of aromatic nitrogens is 5. The Balaban J connectivity index is 0.00000280. The first-order chi connectivity index (χ1) is 12.9. The summed E-state index contributed by atoms with van der Waals surface area (Å²) in [6.45, 7) is 0. The maximum atomic E-state index is 12.8. The number of alkyl halides is 3. The van der Waals surface area contributed by atoms with Crippen LogP contribution < -0.4 is 10.9 Å². The van der Waals surface area contributed by atoms with Gasteiger partial charge in [0.15, 0.2) is 5.82 Å². The molecule has 0 atom stereocenters. The minimum atomic E-state index is -4.48. The van der Waals surface area contributed by atoms with Gasteiger partial charge < -0.3 is 0 Å². The fourth-order valence-electron chi connectivity index (χ4n) is 1.92. The van der Waals surface area contributed by atoms with Crippen LogP contribution in [-0.2, 0) is 11.0 Å². The number of carbonyl (C=O) groups excluding carboxylic acids is 1. The summed E-state index contributed by atoms with van der Waals surface area (Å²) in [5, 5.41) is 4.00. The second kappa shape index (κ2) is 8.08. The van der Waals surface area contributed by atoms with Gasteiger partial charge >= 0.3 is 6.18 Å². The molecule has 2 heterocycles. The van der Waals surface area contributed by atoms with Crippen molar-refractivity contribution >= 4 is 17.9 Å². The largest absolute Gasteiger partial charge is 0.370 e. The van der Waals surface area contributed by atoms with E-state index >= 15 is 0 Å².